The van der Waals surface area contributed by atoms with Gasteiger partial charge in [-0.1, -0.05) is 133 Å². The predicted octanol–water partition coefficient (Wildman–Crippen LogP) is 13.7. The summed E-state index contributed by atoms with van der Waals surface area (Å²) in [6, 6.07) is 67.1. The van der Waals surface area contributed by atoms with E-state index in [9.17, 15) is 0 Å². The molecule has 0 atom stereocenters. The van der Waals surface area contributed by atoms with Crippen LogP contribution in [0.1, 0.15) is 0 Å². The van der Waals surface area contributed by atoms with E-state index < -0.39 is 0 Å². The Balaban J connectivity index is 1.10. The van der Waals surface area contributed by atoms with Crippen molar-refractivity contribution >= 4 is 53.3 Å². The minimum Gasteiger partial charge on any atom is -0.309 e. The highest BCUT2D eigenvalue weighted by Gasteiger charge is 2.18. The first-order valence-corrected chi connectivity index (χ1v) is 19.6. The molecule has 0 saturated heterocycles. The standard InChI is InChI=1S/C51H32N4S/c1-4-13-33(14-5-1)35-17-12-18-36(27-35)37-23-25-40(45(28-37)51-53-32-52-50(54-51)34-15-6-2-7-16-34)38-24-26-48-43(29-38)44-30-42-41-21-10-11-22-46(41)55(39-19-8-3-9-20-39)47(42)31-49(44)56-48/h1-32H. The second-order valence-corrected chi connectivity index (χ2v) is 15.2. The van der Waals surface area contributed by atoms with Gasteiger partial charge in [0.25, 0.3) is 0 Å². The van der Waals surface area contributed by atoms with Gasteiger partial charge in [-0.25, -0.2) is 15.0 Å². The fraction of sp³-hybridized carbons (Fsp3) is 0. The number of rotatable bonds is 6. The smallest absolute Gasteiger partial charge is 0.164 e. The lowest BCUT2D eigenvalue weighted by atomic mass is 9.92. The molecular formula is C51H32N4S. The Morgan fingerprint density at radius 1 is 0.357 bits per heavy atom. The zero-order valence-electron chi connectivity index (χ0n) is 30.2. The van der Waals surface area contributed by atoms with Crippen LogP contribution in [0.5, 0.6) is 0 Å². The van der Waals surface area contributed by atoms with Crippen LogP contribution in [0.15, 0.2) is 194 Å². The van der Waals surface area contributed by atoms with Gasteiger partial charge in [-0.2, -0.15) is 0 Å². The van der Waals surface area contributed by atoms with Gasteiger partial charge in [0.05, 0.1) is 11.0 Å². The van der Waals surface area contributed by atoms with Gasteiger partial charge in [-0.3, -0.25) is 0 Å². The van der Waals surface area contributed by atoms with Crippen LogP contribution in [-0.4, -0.2) is 19.5 Å². The van der Waals surface area contributed by atoms with Crippen molar-refractivity contribution in [3.63, 3.8) is 0 Å². The van der Waals surface area contributed by atoms with Crippen LogP contribution in [-0.2, 0) is 0 Å². The first-order chi connectivity index (χ1) is 27.7. The van der Waals surface area contributed by atoms with Crippen LogP contribution in [0.25, 0.3) is 104 Å². The second kappa shape index (κ2) is 13.3. The Morgan fingerprint density at radius 3 is 1.82 bits per heavy atom. The van der Waals surface area contributed by atoms with E-state index in [1.165, 1.54) is 53.1 Å². The number of aromatic nitrogens is 4. The molecule has 0 aliphatic heterocycles. The van der Waals surface area contributed by atoms with Crippen molar-refractivity contribution < 1.29 is 0 Å². The monoisotopic (exact) mass is 732 g/mol. The average Bonchev–Trinajstić information content (AvgIpc) is 3.80. The van der Waals surface area contributed by atoms with E-state index in [0.29, 0.717) is 11.6 Å². The minimum atomic E-state index is 0.639. The molecule has 56 heavy (non-hydrogen) atoms. The molecule has 11 rings (SSSR count). The molecule has 0 saturated carbocycles. The molecule has 3 heterocycles. The number of hydrogen-bond donors (Lipinski definition) is 0. The molecular weight excluding hydrogens is 701 g/mol. The molecule has 0 bridgehead atoms. The first-order valence-electron chi connectivity index (χ1n) is 18.8. The van der Waals surface area contributed by atoms with Crippen molar-refractivity contribution in [1.82, 2.24) is 19.5 Å². The molecule has 8 aromatic carbocycles. The molecule has 0 aliphatic rings. The van der Waals surface area contributed by atoms with Gasteiger partial charge in [-0.05, 0) is 88.0 Å². The highest BCUT2D eigenvalue weighted by atomic mass is 32.1. The van der Waals surface area contributed by atoms with Crippen LogP contribution in [0, 0.1) is 0 Å². The number of benzene rings is 8. The van der Waals surface area contributed by atoms with Gasteiger partial charge in [0, 0.05) is 47.8 Å². The van der Waals surface area contributed by atoms with Crippen molar-refractivity contribution in [3.05, 3.63) is 194 Å². The average molecular weight is 733 g/mol. The maximum Gasteiger partial charge on any atom is 0.164 e. The van der Waals surface area contributed by atoms with E-state index in [0.717, 1.165) is 39.1 Å². The molecule has 0 unspecified atom stereocenters. The van der Waals surface area contributed by atoms with Gasteiger partial charge in [0.15, 0.2) is 11.6 Å². The summed E-state index contributed by atoms with van der Waals surface area (Å²) in [6.45, 7) is 0. The minimum absolute atomic E-state index is 0.639. The van der Waals surface area contributed by atoms with Gasteiger partial charge < -0.3 is 4.57 Å². The molecule has 0 spiro atoms. The molecule has 0 aliphatic carbocycles. The first kappa shape index (κ1) is 32.2. The van der Waals surface area contributed by atoms with Crippen molar-refractivity contribution in [1.29, 1.82) is 0 Å². The topological polar surface area (TPSA) is 43.6 Å². The third kappa shape index (κ3) is 5.48. The summed E-state index contributed by atoms with van der Waals surface area (Å²) in [5.41, 5.74) is 12.3. The highest BCUT2D eigenvalue weighted by molar-refractivity contribution is 7.25. The third-order valence-corrected chi connectivity index (χ3v) is 11.9. The quantitative estimate of drug-likeness (QED) is 0.171. The predicted molar refractivity (Wildman–Crippen MR) is 234 cm³/mol. The van der Waals surface area contributed by atoms with Gasteiger partial charge in [0.2, 0.25) is 0 Å². The summed E-state index contributed by atoms with van der Waals surface area (Å²) in [7, 11) is 0. The largest absolute Gasteiger partial charge is 0.309 e. The van der Waals surface area contributed by atoms with Crippen LogP contribution in [0.2, 0.25) is 0 Å². The molecule has 3 aromatic heterocycles. The molecule has 0 fully saturated rings. The summed E-state index contributed by atoms with van der Waals surface area (Å²) >= 11 is 1.85. The summed E-state index contributed by atoms with van der Waals surface area (Å²) < 4.78 is 4.92. The molecule has 4 nitrogen and oxygen atoms in total. The highest BCUT2D eigenvalue weighted by Crippen LogP contribution is 2.43. The van der Waals surface area contributed by atoms with Gasteiger partial charge in [-0.15, -0.1) is 11.3 Å². The third-order valence-electron chi connectivity index (χ3n) is 10.8. The van der Waals surface area contributed by atoms with E-state index >= 15 is 0 Å². The van der Waals surface area contributed by atoms with E-state index in [1.807, 2.05) is 41.7 Å². The van der Waals surface area contributed by atoms with Crippen molar-refractivity contribution in [2.75, 3.05) is 0 Å². The molecule has 5 heteroatoms. The number of thiophene rings is 1. The Morgan fingerprint density at radius 2 is 1.00 bits per heavy atom. The molecule has 262 valence electrons. The van der Waals surface area contributed by atoms with Crippen LogP contribution in [0.4, 0.5) is 0 Å². The Hall–Kier alpha value is -7.21. The van der Waals surface area contributed by atoms with E-state index in [4.69, 9.17) is 9.97 Å². The number of fused-ring (bicyclic) bond motifs is 6. The maximum atomic E-state index is 5.07. The SMILES string of the molecule is c1ccc(-c2cccc(-c3ccc(-c4ccc5sc6cc7c(cc6c5c4)c4ccccc4n7-c4ccccc4)c(-c4ncnc(-c5ccccc5)n4)c3)c2)cc1. The zero-order chi connectivity index (χ0) is 37.0. The lowest BCUT2D eigenvalue weighted by Crippen LogP contribution is -1.97. The number of para-hydroxylation sites is 2. The van der Waals surface area contributed by atoms with Crippen molar-refractivity contribution in [3.8, 4) is 61.8 Å². The summed E-state index contributed by atoms with van der Waals surface area (Å²) in [5.74, 6) is 1.29. The Labute approximate surface area is 327 Å². The summed E-state index contributed by atoms with van der Waals surface area (Å²) in [5, 5.41) is 5.01. The van der Waals surface area contributed by atoms with Crippen molar-refractivity contribution in [2.45, 2.75) is 0 Å². The summed E-state index contributed by atoms with van der Waals surface area (Å²) in [6.07, 6.45) is 1.63. The second-order valence-electron chi connectivity index (χ2n) is 14.1. The van der Waals surface area contributed by atoms with Crippen LogP contribution >= 0.6 is 11.3 Å². The Kier molecular flexibility index (Phi) is 7.64. The lowest BCUT2D eigenvalue weighted by molar-refractivity contribution is 1.07. The van der Waals surface area contributed by atoms with Crippen LogP contribution < -0.4 is 0 Å². The fourth-order valence-electron chi connectivity index (χ4n) is 8.08. The summed E-state index contributed by atoms with van der Waals surface area (Å²) in [4.78, 5) is 14.4. The number of hydrogen-bond acceptors (Lipinski definition) is 4. The Bertz CT molecular complexity index is 3240. The maximum absolute atomic E-state index is 5.07. The molecule has 0 radical (unpaired) electrons. The van der Waals surface area contributed by atoms with Crippen molar-refractivity contribution in [2.24, 2.45) is 0 Å². The van der Waals surface area contributed by atoms with E-state index in [-0.39, 0.29) is 0 Å². The molecule has 0 N–H and O–H groups in total. The van der Waals surface area contributed by atoms with Gasteiger partial charge >= 0.3 is 0 Å². The van der Waals surface area contributed by atoms with E-state index in [2.05, 4.69) is 167 Å². The zero-order valence-corrected chi connectivity index (χ0v) is 31.0. The van der Waals surface area contributed by atoms with Crippen LogP contribution in [0.3, 0.4) is 0 Å². The number of nitrogens with zero attached hydrogens (tertiary/aromatic N) is 4. The molecule has 0 amide bonds. The van der Waals surface area contributed by atoms with Gasteiger partial charge in [0.1, 0.15) is 6.33 Å². The fourth-order valence-corrected chi connectivity index (χ4v) is 9.18. The normalized spacial score (nSPS) is 11.6. The molecule has 11 aromatic rings. The lowest BCUT2D eigenvalue weighted by Gasteiger charge is -2.13. The van der Waals surface area contributed by atoms with E-state index in [1.54, 1.807) is 6.33 Å².